The van der Waals surface area contributed by atoms with Crippen LogP contribution in [0.3, 0.4) is 0 Å². The van der Waals surface area contributed by atoms with E-state index in [1.165, 1.54) is 11.8 Å². The molecule has 2 aliphatic rings. The third-order valence-corrected chi connectivity index (χ3v) is 5.01. The molecule has 134 valence electrons. The molecule has 1 saturated heterocycles. The number of hydrogen-bond acceptors (Lipinski definition) is 5. The van der Waals surface area contributed by atoms with E-state index in [4.69, 9.17) is 9.47 Å². The molecular weight excluding hydrogens is 336 g/mol. The standard InChI is InChI=1S/C19H24N2O3S/c1-4-9-23-16-8-6-5-7-15(16)10-17-18(22)20-19(25-17)21-11-13(2)24-14(3)12-21/h5-8,10,13-14H,4,9,11-12H2,1-3H3/b17-10+. The fraction of sp³-hybridized carbons (Fsp3) is 0.474. The van der Waals surface area contributed by atoms with Gasteiger partial charge in [0.05, 0.1) is 23.7 Å². The summed E-state index contributed by atoms with van der Waals surface area (Å²) >= 11 is 1.43. The number of morpholine rings is 1. The first-order valence-electron chi connectivity index (χ1n) is 8.71. The van der Waals surface area contributed by atoms with Crippen LogP contribution in [-0.4, -0.2) is 47.9 Å². The summed E-state index contributed by atoms with van der Waals surface area (Å²) in [6.45, 7) is 8.33. The number of carbonyl (C=O) groups excluding carboxylic acids is 1. The molecule has 1 amide bonds. The zero-order valence-electron chi connectivity index (χ0n) is 14.9. The van der Waals surface area contributed by atoms with E-state index in [1.807, 2.05) is 44.2 Å². The van der Waals surface area contributed by atoms with Crippen molar-refractivity contribution in [2.45, 2.75) is 39.4 Å². The zero-order chi connectivity index (χ0) is 17.8. The second-order valence-corrected chi connectivity index (χ2v) is 7.37. The topological polar surface area (TPSA) is 51.1 Å². The number of amidine groups is 1. The molecule has 0 N–H and O–H groups in total. The number of nitrogens with zero attached hydrogens (tertiary/aromatic N) is 2. The minimum Gasteiger partial charge on any atom is -0.493 e. The van der Waals surface area contributed by atoms with Crippen LogP contribution in [0.2, 0.25) is 0 Å². The third kappa shape index (κ3) is 4.44. The summed E-state index contributed by atoms with van der Waals surface area (Å²) in [6.07, 6.45) is 3.10. The van der Waals surface area contributed by atoms with E-state index in [0.29, 0.717) is 11.5 Å². The van der Waals surface area contributed by atoms with E-state index in [-0.39, 0.29) is 18.1 Å². The van der Waals surface area contributed by atoms with Gasteiger partial charge in [0.25, 0.3) is 5.91 Å². The van der Waals surface area contributed by atoms with Gasteiger partial charge in [0, 0.05) is 18.7 Å². The van der Waals surface area contributed by atoms with Crippen LogP contribution in [0.4, 0.5) is 0 Å². The number of rotatable bonds is 4. The monoisotopic (exact) mass is 360 g/mol. The Morgan fingerprint density at radius 3 is 2.76 bits per heavy atom. The van der Waals surface area contributed by atoms with Crippen molar-refractivity contribution in [2.24, 2.45) is 4.99 Å². The van der Waals surface area contributed by atoms with Gasteiger partial charge < -0.3 is 14.4 Å². The molecule has 2 atom stereocenters. The predicted molar refractivity (Wildman–Crippen MR) is 102 cm³/mol. The van der Waals surface area contributed by atoms with Gasteiger partial charge in [-0.2, -0.15) is 4.99 Å². The Bertz CT molecular complexity index is 692. The molecule has 0 spiro atoms. The highest BCUT2D eigenvalue weighted by molar-refractivity contribution is 8.18. The summed E-state index contributed by atoms with van der Waals surface area (Å²) in [5, 5.41) is 0.769. The number of amides is 1. The van der Waals surface area contributed by atoms with Crippen molar-refractivity contribution in [1.29, 1.82) is 0 Å². The molecule has 2 heterocycles. The molecule has 2 aliphatic heterocycles. The van der Waals surface area contributed by atoms with Crippen molar-refractivity contribution in [3.63, 3.8) is 0 Å². The van der Waals surface area contributed by atoms with Crippen LogP contribution in [0.1, 0.15) is 32.8 Å². The average molecular weight is 360 g/mol. The number of hydrogen-bond donors (Lipinski definition) is 0. The molecule has 0 bridgehead atoms. The van der Waals surface area contributed by atoms with Gasteiger partial charge in [0.15, 0.2) is 5.17 Å². The van der Waals surface area contributed by atoms with Gasteiger partial charge in [0.1, 0.15) is 5.75 Å². The second kappa shape index (κ2) is 8.06. The van der Waals surface area contributed by atoms with Crippen molar-refractivity contribution in [3.8, 4) is 5.75 Å². The SMILES string of the molecule is CCCOc1ccccc1/C=C1/SC(N2CC(C)OC(C)C2)=NC1=O. The van der Waals surface area contributed by atoms with Crippen LogP contribution in [0.5, 0.6) is 5.75 Å². The van der Waals surface area contributed by atoms with Gasteiger partial charge in [0.2, 0.25) is 0 Å². The molecule has 0 radical (unpaired) electrons. The van der Waals surface area contributed by atoms with Crippen LogP contribution in [-0.2, 0) is 9.53 Å². The van der Waals surface area contributed by atoms with Gasteiger partial charge in [-0.3, -0.25) is 4.79 Å². The molecule has 6 heteroatoms. The molecule has 25 heavy (non-hydrogen) atoms. The fourth-order valence-electron chi connectivity index (χ4n) is 2.95. The predicted octanol–water partition coefficient (Wildman–Crippen LogP) is 3.55. The Labute approximate surface area is 153 Å². The minimum atomic E-state index is -0.183. The van der Waals surface area contributed by atoms with Gasteiger partial charge in [-0.1, -0.05) is 25.1 Å². The summed E-state index contributed by atoms with van der Waals surface area (Å²) in [4.78, 5) is 19.4. The lowest BCUT2D eigenvalue weighted by molar-refractivity contribution is -0.113. The number of benzene rings is 1. The van der Waals surface area contributed by atoms with Crippen LogP contribution in [0.25, 0.3) is 6.08 Å². The fourth-order valence-corrected chi connectivity index (χ4v) is 3.87. The first-order chi connectivity index (χ1) is 12.1. The molecule has 0 saturated carbocycles. The van der Waals surface area contributed by atoms with E-state index >= 15 is 0 Å². The maximum atomic E-state index is 12.3. The number of thioether (sulfide) groups is 1. The van der Waals surface area contributed by atoms with E-state index in [1.54, 1.807) is 0 Å². The highest BCUT2D eigenvalue weighted by atomic mass is 32.2. The Morgan fingerprint density at radius 2 is 2.04 bits per heavy atom. The summed E-state index contributed by atoms with van der Waals surface area (Å²) < 4.78 is 11.5. The van der Waals surface area contributed by atoms with Crippen molar-refractivity contribution in [3.05, 3.63) is 34.7 Å². The lowest BCUT2D eigenvalue weighted by atomic mass is 10.2. The molecular formula is C19H24N2O3S. The molecule has 5 nitrogen and oxygen atoms in total. The Hall–Kier alpha value is -1.79. The van der Waals surface area contributed by atoms with E-state index in [2.05, 4.69) is 16.8 Å². The van der Waals surface area contributed by atoms with Crippen LogP contribution in [0, 0.1) is 0 Å². The first-order valence-corrected chi connectivity index (χ1v) is 9.53. The second-order valence-electron chi connectivity index (χ2n) is 6.36. The number of aliphatic imine (C=N–C) groups is 1. The van der Waals surface area contributed by atoms with Crippen LogP contribution >= 0.6 is 11.8 Å². The highest BCUT2D eigenvalue weighted by Crippen LogP contribution is 2.33. The van der Waals surface area contributed by atoms with Crippen molar-refractivity contribution < 1.29 is 14.3 Å². The Morgan fingerprint density at radius 1 is 1.32 bits per heavy atom. The highest BCUT2D eigenvalue weighted by Gasteiger charge is 2.31. The maximum absolute atomic E-state index is 12.3. The smallest absolute Gasteiger partial charge is 0.286 e. The lowest BCUT2D eigenvalue weighted by Gasteiger charge is -2.35. The van der Waals surface area contributed by atoms with E-state index in [0.717, 1.165) is 36.0 Å². The quantitative estimate of drug-likeness (QED) is 0.769. The summed E-state index contributed by atoms with van der Waals surface area (Å²) in [5.41, 5.74) is 0.909. The summed E-state index contributed by atoms with van der Waals surface area (Å²) in [5.74, 6) is 0.615. The number of ether oxygens (including phenoxy) is 2. The number of para-hydroxylation sites is 1. The van der Waals surface area contributed by atoms with E-state index < -0.39 is 0 Å². The van der Waals surface area contributed by atoms with Crippen LogP contribution in [0.15, 0.2) is 34.2 Å². The molecule has 1 aromatic carbocycles. The first kappa shape index (κ1) is 18.0. The molecule has 0 aliphatic carbocycles. The normalized spacial score (nSPS) is 25.4. The minimum absolute atomic E-state index is 0.137. The summed E-state index contributed by atoms with van der Waals surface area (Å²) in [6, 6.07) is 7.78. The van der Waals surface area contributed by atoms with Gasteiger partial charge in [-0.25, -0.2) is 0 Å². The molecule has 0 aromatic heterocycles. The zero-order valence-corrected chi connectivity index (χ0v) is 15.7. The van der Waals surface area contributed by atoms with Gasteiger partial charge >= 0.3 is 0 Å². The summed E-state index contributed by atoms with van der Waals surface area (Å²) in [7, 11) is 0. The van der Waals surface area contributed by atoms with Gasteiger partial charge in [-0.15, -0.1) is 0 Å². The largest absolute Gasteiger partial charge is 0.493 e. The Kier molecular flexibility index (Phi) is 5.81. The van der Waals surface area contributed by atoms with Gasteiger partial charge in [-0.05, 0) is 44.2 Å². The maximum Gasteiger partial charge on any atom is 0.286 e. The molecule has 1 aromatic rings. The molecule has 3 rings (SSSR count). The number of carbonyl (C=O) groups is 1. The molecule has 1 fully saturated rings. The van der Waals surface area contributed by atoms with Crippen LogP contribution < -0.4 is 4.74 Å². The van der Waals surface area contributed by atoms with Crippen molar-refractivity contribution in [1.82, 2.24) is 4.90 Å². The average Bonchev–Trinajstić information content (AvgIpc) is 2.94. The van der Waals surface area contributed by atoms with Crippen molar-refractivity contribution >= 4 is 28.9 Å². The molecule has 2 unspecified atom stereocenters. The Balaban J connectivity index is 1.75. The lowest BCUT2D eigenvalue weighted by Crippen LogP contribution is -2.47. The third-order valence-electron chi connectivity index (χ3n) is 3.97. The van der Waals surface area contributed by atoms with Crippen molar-refractivity contribution in [2.75, 3.05) is 19.7 Å². The van der Waals surface area contributed by atoms with E-state index in [9.17, 15) is 4.79 Å².